The van der Waals surface area contributed by atoms with Crippen LogP contribution in [0.5, 0.6) is 0 Å². The summed E-state index contributed by atoms with van der Waals surface area (Å²) in [6.45, 7) is 0. The third kappa shape index (κ3) is 4.75. The number of hydrogen-bond donors (Lipinski definition) is 1. The lowest BCUT2D eigenvalue weighted by atomic mass is 10.1. The van der Waals surface area contributed by atoms with Crippen molar-refractivity contribution >= 4 is 17.5 Å². The summed E-state index contributed by atoms with van der Waals surface area (Å²) in [5.41, 5.74) is 1.87. The third-order valence-electron chi connectivity index (χ3n) is 3.77. The molecule has 0 saturated carbocycles. The molecule has 2 aromatic heterocycles. The van der Waals surface area contributed by atoms with Crippen LogP contribution in [0.3, 0.4) is 0 Å². The number of nitrogens with one attached hydrogen (secondary N) is 1. The van der Waals surface area contributed by atoms with Gasteiger partial charge in [0.1, 0.15) is 0 Å². The second-order valence-electron chi connectivity index (χ2n) is 6.08. The van der Waals surface area contributed by atoms with Crippen LogP contribution in [0.2, 0.25) is 0 Å². The summed E-state index contributed by atoms with van der Waals surface area (Å²) >= 11 is 0. The molecule has 0 fully saturated rings. The molecular weight excluding hydrogens is 346 g/mol. The van der Waals surface area contributed by atoms with Crippen molar-refractivity contribution in [2.24, 2.45) is 0 Å². The lowest BCUT2D eigenvalue weighted by Gasteiger charge is -2.11. The van der Waals surface area contributed by atoms with E-state index in [1.54, 1.807) is 62.9 Å². The van der Waals surface area contributed by atoms with Gasteiger partial charge < -0.3 is 14.7 Å². The molecule has 0 unspecified atom stereocenters. The molecule has 138 valence electrons. The monoisotopic (exact) mass is 365 g/mol. The minimum atomic E-state index is -0.201. The molecule has 0 aliphatic heterocycles. The first-order valence-electron chi connectivity index (χ1n) is 8.37. The van der Waals surface area contributed by atoms with Crippen molar-refractivity contribution in [1.29, 1.82) is 0 Å². The molecule has 0 atom stereocenters. The Balaban J connectivity index is 1.57. The van der Waals surface area contributed by atoms with E-state index in [9.17, 15) is 9.59 Å². The molecule has 0 aliphatic rings. The van der Waals surface area contributed by atoms with Crippen LogP contribution in [0, 0.1) is 0 Å². The molecule has 1 aromatic carbocycles. The van der Waals surface area contributed by atoms with Crippen LogP contribution in [-0.2, 0) is 11.2 Å². The van der Waals surface area contributed by atoms with Gasteiger partial charge in [-0.3, -0.25) is 14.6 Å². The fourth-order valence-electron chi connectivity index (χ4n) is 2.41. The van der Waals surface area contributed by atoms with Gasteiger partial charge in [-0.05, 0) is 30.3 Å². The number of benzene rings is 1. The summed E-state index contributed by atoms with van der Waals surface area (Å²) in [6, 6.07) is 10.4. The smallest absolute Gasteiger partial charge is 0.253 e. The summed E-state index contributed by atoms with van der Waals surface area (Å²) in [6.07, 6.45) is 3.80. The van der Waals surface area contributed by atoms with E-state index in [1.165, 1.54) is 4.90 Å². The lowest BCUT2D eigenvalue weighted by molar-refractivity contribution is -0.116. The maximum Gasteiger partial charge on any atom is 0.253 e. The van der Waals surface area contributed by atoms with Crippen LogP contribution in [0.15, 0.2) is 53.3 Å². The maximum absolute atomic E-state index is 12.2. The minimum Gasteiger partial charge on any atom is -0.345 e. The van der Waals surface area contributed by atoms with Gasteiger partial charge in [-0.15, -0.1) is 0 Å². The van der Waals surface area contributed by atoms with E-state index in [1.807, 2.05) is 0 Å². The lowest BCUT2D eigenvalue weighted by Crippen LogP contribution is -2.22. The number of amides is 2. The van der Waals surface area contributed by atoms with Crippen molar-refractivity contribution in [3.8, 4) is 11.4 Å². The van der Waals surface area contributed by atoms with E-state index in [4.69, 9.17) is 4.52 Å². The van der Waals surface area contributed by atoms with E-state index in [0.29, 0.717) is 29.4 Å². The largest absolute Gasteiger partial charge is 0.345 e. The highest BCUT2D eigenvalue weighted by molar-refractivity contribution is 5.97. The molecule has 3 aromatic rings. The Morgan fingerprint density at radius 1 is 1.15 bits per heavy atom. The first-order chi connectivity index (χ1) is 13.0. The van der Waals surface area contributed by atoms with Crippen LogP contribution < -0.4 is 5.32 Å². The number of carbonyl (C=O) groups excluding carboxylic acids is 2. The summed E-state index contributed by atoms with van der Waals surface area (Å²) in [7, 11) is 3.36. The van der Waals surface area contributed by atoms with Gasteiger partial charge in [0.05, 0.1) is 0 Å². The van der Waals surface area contributed by atoms with Crippen LogP contribution in [0.1, 0.15) is 22.7 Å². The molecule has 0 radical (unpaired) electrons. The zero-order chi connectivity index (χ0) is 19.2. The Morgan fingerprint density at radius 2 is 1.93 bits per heavy atom. The standard InChI is InChI=1S/C19H19N5O3/c1-24(2)19(26)14-4-3-5-15(12-14)21-16(25)6-7-17-22-18(23-27-17)13-8-10-20-11-9-13/h3-5,8-12H,6-7H2,1-2H3,(H,21,25). The molecule has 27 heavy (non-hydrogen) atoms. The fraction of sp³-hybridized carbons (Fsp3) is 0.211. The summed E-state index contributed by atoms with van der Waals surface area (Å²) in [4.78, 5) is 33.9. The normalized spacial score (nSPS) is 10.4. The quantitative estimate of drug-likeness (QED) is 0.720. The van der Waals surface area contributed by atoms with E-state index in [-0.39, 0.29) is 18.2 Å². The second kappa shape index (κ2) is 8.22. The SMILES string of the molecule is CN(C)C(=O)c1cccc(NC(=O)CCc2nc(-c3ccncc3)no2)c1. The molecule has 0 spiro atoms. The van der Waals surface area contributed by atoms with Crippen molar-refractivity contribution in [3.05, 3.63) is 60.2 Å². The van der Waals surface area contributed by atoms with Gasteiger partial charge in [0.15, 0.2) is 0 Å². The van der Waals surface area contributed by atoms with Gasteiger partial charge >= 0.3 is 0 Å². The van der Waals surface area contributed by atoms with Crippen LogP contribution in [0.4, 0.5) is 5.69 Å². The summed E-state index contributed by atoms with van der Waals surface area (Å²) in [5, 5.41) is 6.69. The number of hydrogen-bond acceptors (Lipinski definition) is 6. The molecule has 3 rings (SSSR count). The Labute approximate surface area is 156 Å². The number of aryl methyl sites for hydroxylation is 1. The topological polar surface area (TPSA) is 101 Å². The van der Waals surface area contributed by atoms with Gasteiger partial charge in [0.25, 0.3) is 5.91 Å². The van der Waals surface area contributed by atoms with Crippen molar-refractivity contribution in [1.82, 2.24) is 20.0 Å². The van der Waals surface area contributed by atoms with Crippen LogP contribution in [0.25, 0.3) is 11.4 Å². The number of carbonyl (C=O) groups is 2. The van der Waals surface area contributed by atoms with Crippen molar-refractivity contribution in [3.63, 3.8) is 0 Å². The summed E-state index contributed by atoms with van der Waals surface area (Å²) < 4.78 is 5.18. The first-order valence-corrected chi connectivity index (χ1v) is 8.37. The molecule has 0 aliphatic carbocycles. The van der Waals surface area contributed by atoms with E-state index in [0.717, 1.165) is 5.56 Å². The second-order valence-corrected chi connectivity index (χ2v) is 6.08. The third-order valence-corrected chi connectivity index (χ3v) is 3.77. The Morgan fingerprint density at radius 3 is 2.67 bits per heavy atom. The van der Waals surface area contributed by atoms with Gasteiger partial charge in [0, 0.05) is 56.1 Å². The molecule has 0 saturated heterocycles. The first kappa shape index (κ1) is 18.2. The highest BCUT2D eigenvalue weighted by atomic mass is 16.5. The summed E-state index contributed by atoms with van der Waals surface area (Å²) in [5.74, 6) is 0.518. The zero-order valence-electron chi connectivity index (χ0n) is 15.0. The average Bonchev–Trinajstić information content (AvgIpc) is 3.16. The Hall–Kier alpha value is -3.55. The maximum atomic E-state index is 12.2. The Kier molecular flexibility index (Phi) is 5.55. The minimum absolute atomic E-state index is 0.124. The van der Waals surface area contributed by atoms with E-state index >= 15 is 0 Å². The van der Waals surface area contributed by atoms with Gasteiger partial charge in [0.2, 0.25) is 17.6 Å². The molecule has 2 amide bonds. The fourth-order valence-corrected chi connectivity index (χ4v) is 2.41. The predicted molar refractivity (Wildman–Crippen MR) is 98.9 cm³/mol. The molecule has 0 bridgehead atoms. The van der Waals surface area contributed by atoms with Crippen molar-refractivity contribution in [2.75, 3.05) is 19.4 Å². The van der Waals surface area contributed by atoms with Crippen molar-refractivity contribution in [2.45, 2.75) is 12.8 Å². The molecular formula is C19H19N5O3. The molecule has 8 heteroatoms. The number of rotatable bonds is 6. The molecule has 8 nitrogen and oxygen atoms in total. The predicted octanol–water partition coefficient (Wildman–Crippen LogP) is 2.40. The van der Waals surface area contributed by atoms with Gasteiger partial charge in [-0.25, -0.2) is 0 Å². The van der Waals surface area contributed by atoms with Crippen LogP contribution in [-0.4, -0.2) is 45.9 Å². The van der Waals surface area contributed by atoms with E-state index in [2.05, 4.69) is 20.4 Å². The van der Waals surface area contributed by atoms with Gasteiger partial charge in [-0.1, -0.05) is 11.2 Å². The number of anilines is 1. The molecule has 1 N–H and O–H groups in total. The van der Waals surface area contributed by atoms with Gasteiger partial charge in [-0.2, -0.15) is 4.98 Å². The van der Waals surface area contributed by atoms with E-state index < -0.39 is 0 Å². The van der Waals surface area contributed by atoms with Crippen molar-refractivity contribution < 1.29 is 14.1 Å². The Bertz CT molecular complexity index is 937. The van der Waals surface area contributed by atoms with Crippen LogP contribution >= 0.6 is 0 Å². The number of aromatic nitrogens is 3. The number of nitrogens with zero attached hydrogens (tertiary/aromatic N) is 4. The zero-order valence-corrected chi connectivity index (χ0v) is 15.0. The molecule has 2 heterocycles. The number of pyridine rings is 1. The highest BCUT2D eigenvalue weighted by Crippen LogP contribution is 2.16. The average molecular weight is 365 g/mol. The highest BCUT2D eigenvalue weighted by Gasteiger charge is 2.12.